The van der Waals surface area contributed by atoms with Crippen LogP contribution in [0.2, 0.25) is 0 Å². The molecule has 0 aromatic heterocycles. The molecule has 2 unspecified atom stereocenters. The molecule has 0 radical (unpaired) electrons. The maximum absolute atomic E-state index is 11.5. The summed E-state index contributed by atoms with van der Waals surface area (Å²) in [6.45, 7) is 2.56. The standard InChI is InChI=1S/C11H22N2O2/c1-9-3-2-5-11(7-9,8-14)13-10(15)4-6-12/h9,14H,2-8,12H2,1H3,(H,13,15). The third-order valence-electron chi connectivity index (χ3n) is 3.17. The highest BCUT2D eigenvalue weighted by atomic mass is 16.3. The Bertz CT molecular complexity index is 221. The minimum absolute atomic E-state index is 0.0354. The Morgan fingerprint density at radius 3 is 2.93 bits per heavy atom. The van der Waals surface area contributed by atoms with Crippen LogP contribution < -0.4 is 11.1 Å². The van der Waals surface area contributed by atoms with Gasteiger partial charge in [-0.1, -0.05) is 19.8 Å². The van der Waals surface area contributed by atoms with E-state index in [4.69, 9.17) is 5.73 Å². The summed E-state index contributed by atoms with van der Waals surface area (Å²) in [5.41, 5.74) is 4.94. The lowest BCUT2D eigenvalue weighted by atomic mass is 9.77. The molecule has 0 saturated heterocycles. The fourth-order valence-corrected chi connectivity index (χ4v) is 2.45. The van der Waals surface area contributed by atoms with E-state index in [1.807, 2.05) is 0 Å². The van der Waals surface area contributed by atoms with Crippen molar-refractivity contribution >= 4 is 5.91 Å². The molecule has 15 heavy (non-hydrogen) atoms. The van der Waals surface area contributed by atoms with Crippen molar-refractivity contribution in [1.82, 2.24) is 5.32 Å². The molecule has 2 atom stereocenters. The zero-order chi connectivity index (χ0) is 11.3. The second-order valence-corrected chi connectivity index (χ2v) is 4.73. The van der Waals surface area contributed by atoms with E-state index in [2.05, 4.69) is 12.2 Å². The molecule has 0 aromatic rings. The van der Waals surface area contributed by atoms with Crippen molar-refractivity contribution in [3.8, 4) is 0 Å². The van der Waals surface area contributed by atoms with Crippen molar-refractivity contribution in [3.05, 3.63) is 0 Å². The molecule has 4 nitrogen and oxygen atoms in total. The molecule has 4 N–H and O–H groups in total. The molecule has 1 fully saturated rings. The molecule has 0 aromatic carbocycles. The summed E-state index contributed by atoms with van der Waals surface area (Å²) in [5, 5.41) is 12.4. The van der Waals surface area contributed by atoms with Gasteiger partial charge in [0.25, 0.3) is 0 Å². The first-order valence-corrected chi connectivity index (χ1v) is 5.74. The van der Waals surface area contributed by atoms with E-state index in [1.54, 1.807) is 0 Å². The Morgan fingerprint density at radius 1 is 1.67 bits per heavy atom. The minimum Gasteiger partial charge on any atom is -0.394 e. The van der Waals surface area contributed by atoms with E-state index < -0.39 is 0 Å². The van der Waals surface area contributed by atoms with Crippen LogP contribution in [0, 0.1) is 5.92 Å². The van der Waals surface area contributed by atoms with Gasteiger partial charge in [-0.25, -0.2) is 0 Å². The van der Waals surface area contributed by atoms with Gasteiger partial charge >= 0.3 is 0 Å². The number of amides is 1. The van der Waals surface area contributed by atoms with E-state index in [-0.39, 0.29) is 18.1 Å². The summed E-state index contributed by atoms with van der Waals surface area (Å²) < 4.78 is 0. The average molecular weight is 214 g/mol. The van der Waals surface area contributed by atoms with Crippen LogP contribution in [0.1, 0.15) is 39.0 Å². The van der Waals surface area contributed by atoms with Crippen molar-refractivity contribution < 1.29 is 9.90 Å². The molecule has 1 rings (SSSR count). The van der Waals surface area contributed by atoms with Gasteiger partial charge in [-0.05, 0) is 18.8 Å². The number of carbonyl (C=O) groups excluding carboxylic acids is 1. The predicted octanol–water partition coefficient (Wildman–Crippen LogP) is 0.393. The van der Waals surface area contributed by atoms with Gasteiger partial charge in [0.05, 0.1) is 12.1 Å². The SMILES string of the molecule is CC1CCCC(CO)(NC(=O)CCN)C1. The minimum atomic E-state index is -0.385. The van der Waals surface area contributed by atoms with Crippen LogP contribution in [0.5, 0.6) is 0 Å². The molecule has 0 heterocycles. The van der Waals surface area contributed by atoms with Crippen LogP contribution in [-0.2, 0) is 4.79 Å². The average Bonchev–Trinajstić information content (AvgIpc) is 2.18. The Balaban J connectivity index is 2.55. The van der Waals surface area contributed by atoms with Gasteiger partial charge in [0.2, 0.25) is 5.91 Å². The highest BCUT2D eigenvalue weighted by Gasteiger charge is 2.35. The smallest absolute Gasteiger partial charge is 0.221 e. The number of nitrogens with one attached hydrogen (secondary N) is 1. The van der Waals surface area contributed by atoms with Crippen LogP contribution in [-0.4, -0.2) is 29.7 Å². The fraction of sp³-hybridized carbons (Fsp3) is 0.909. The van der Waals surface area contributed by atoms with Crippen LogP contribution >= 0.6 is 0 Å². The van der Waals surface area contributed by atoms with Gasteiger partial charge in [-0.3, -0.25) is 4.79 Å². The molecule has 1 aliphatic carbocycles. The van der Waals surface area contributed by atoms with Gasteiger partial charge in [0, 0.05) is 13.0 Å². The number of hydrogen-bond acceptors (Lipinski definition) is 3. The fourth-order valence-electron chi connectivity index (χ4n) is 2.45. The van der Waals surface area contributed by atoms with Crippen LogP contribution in [0.15, 0.2) is 0 Å². The Hall–Kier alpha value is -0.610. The van der Waals surface area contributed by atoms with E-state index in [1.165, 1.54) is 6.42 Å². The summed E-state index contributed by atoms with van der Waals surface area (Å²) >= 11 is 0. The Labute approximate surface area is 91.2 Å². The number of hydrogen-bond donors (Lipinski definition) is 3. The molecular weight excluding hydrogens is 192 g/mol. The van der Waals surface area contributed by atoms with E-state index in [0.717, 1.165) is 19.3 Å². The van der Waals surface area contributed by atoms with Crippen molar-refractivity contribution in [1.29, 1.82) is 0 Å². The second-order valence-electron chi connectivity index (χ2n) is 4.73. The molecule has 1 aliphatic rings. The van der Waals surface area contributed by atoms with Crippen molar-refractivity contribution in [3.63, 3.8) is 0 Å². The summed E-state index contributed by atoms with van der Waals surface area (Å²) in [5.74, 6) is 0.532. The second kappa shape index (κ2) is 5.47. The molecule has 0 bridgehead atoms. The first-order valence-electron chi connectivity index (χ1n) is 5.74. The van der Waals surface area contributed by atoms with Crippen LogP contribution in [0.3, 0.4) is 0 Å². The number of carbonyl (C=O) groups is 1. The molecular formula is C11H22N2O2. The highest BCUT2D eigenvalue weighted by molar-refractivity contribution is 5.77. The zero-order valence-electron chi connectivity index (χ0n) is 9.46. The van der Waals surface area contributed by atoms with E-state index in [9.17, 15) is 9.90 Å². The normalized spacial score (nSPS) is 31.3. The topological polar surface area (TPSA) is 75.3 Å². The maximum Gasteiger partial charge on any atom is 0.221 e. The zero-order valence-corrected chi connectivity index (χ0v) is 9.46. The molecule has 1 saturated carbocycles. The number of rotatable bonds is 4. The van der Waals surface area contributed by atoms with Crippen LogP contribution in [0.4, 0.5) is 0 Å². The number of aliphatic hydroxyl groups excluding tert-OH is 1. The first kappa shape index (κ1) is 12.5. The lowest BCUT2D eigenvalue weighted by molar-refractivity contribution is -0.124. The summed E-state index contributed by atoms with van der Waals surface area (Å²) in [7, 11) is 0. The van der Waals surface area contributed by atoms with Crippen LogP contribution in [0.25, 0.3) is 0 Å². The molecule has 0 aliphatic heterocycles. The highest BCUT2D eigenvalue weighted by Crippen LogP contribution is 2.31. The van der Waals surface area contributed by atoms with Gasteiger partial charge in [0.15, 0.2) is 0 Å². The summed E-state index contributed by atoms with van der Waals surface area (Å²) in [6.07, 6.45) is 4.36. The molecule has 0 spiro atoms. The third-order valence-corrected chi connectivity index (χ3v) is 3.17. The summed E-state index contributed by atoms with van der Waals surface area (Å²) in [6, 6.07) is 0. The van der Waals surface area contributed by atoms with Gasteiger partial charge < -0.3 is 16.2 Å². The van der Waals surface area contributed by atoms with Gasteiger partial charge in [-0.15, -0.1) is 0 Å². The Morgan fingerprint density at radius 2 is 2.40 bits per heavy atom. The lowest BCUT2D eigenvalue weighted by Gasteiger charge is -2.39. The quantitative estimate of drug-likeness (QED) is 0.634. The Kier molecular flexibility index (Phi) is 4.54. The number of aliphatic hydroxyl groups is 1. The van der Waals surface area contributed by atoms with Crippen molar-refractivity contribution in [2.75, 3.05) is 13.2 Å². The molecule has 88 valence electrons. The monoisotopic (exact) mass is 214 g/mol. The third kappa shape index (κ3) is 3.47. The molecule has 1 amide bonds. The summed E-state index contributed by atoms with van der Waals surface area (Å²) in [4.78, 5) is 11.5. The van der Waals surface area contributed by atoms with Crippen molar-refractivity contribution in [2.24, 2.45) is 11.7 Å². The van der Waals surface area contributed by atoms with Gasteiger partial charge in [0.1, 0.15) is 0 Å². The molecule has 4 heteroatoms. The van der Waals surface area contributed by atoms with Gasteiger partial charge in [-0.2, -0.15) is 0 Å². The van der Waals surface area contributed by atoms with Crippen molar-refractivity contribution in [2.45, 2.75) is 44.6 Å². The number of nitrogens with two attached hydrogens (primary N) is 1. The van der Waals surface area contributed by atoms with E-state index in [0.29, 0.717) is 18.9 Å². The first-order chi connectivity index (χ1) is 7.12. The van der Waals surface area contributed by atoms with E-state index >= 15 is 0 Å². The predicted molar refractivity (Wildman–Crippen MR) is 59.3 cm³/mol. The maximum atomic E-state index is 11.5. The largest absolute Gasteiger partial charge is 0.394 e. The lowest BCUT2D eigenvalue weighted by Crippen LogP contribution is -2.54.